The van der Waals surface area contributed by atoms with Crippen molar-refractivity contribution in [1.82, 2.24) is 4.57 Å². The van der Waals surface area contributed by atoms with E-state index in [4.69, 9.17) is 0 Å². The molecule has 10 aromatic rings. The summed E-state index contributed by atoms with van der Waals surface area (Å²) in [6.07, 6.45) is 0. The molecule has 0 amide bonds. The van der Waals surface area contributed by atoms with Gasteiger partial charge >= 0.3 is 0 Å². The molecule has 0 bridgehead atoms. The molecule has 1 heterocycles. The average molecular weight is 715 g/mol. The van der Waals surface area contributed by atoms with Crippen molar-refractivity contribution >= 4 is 38.9 Å². The number of para-hydroxylation sites is 2. The highest BCUT2D eigenvalue weighted by Gasteiger charge is 2.24. The lowest BCUT2D eigenvalue weighted by molar-refractivity contribution is 1.18. The van der Waals surface area contributed by atoms with Gasteiger partial charge in [-0.2, -0.15) is 0 Å². The molecule has 0 N–H and O–H groups in total. The van der Waals surface area contributed by atoms with Crippen LogP contribution in [0.2, 0.25) is 0 Å². The summed E-state index contributed by atoms with van der Waals surface area (Å²) in [5.41, 5.74) is 16.2. The monoisotopic (exact) mass is 714 g/mol. The van der Waals surface area contributed by atoms with Gasteiger partial charge in [-0.3, -0.25) is 0 Å². The Morgan fingerprint density at radius 1 is 0.304 bits per heavy atom. The van der Waals surface area contributed by atoms with Crippen molar-refractivity contribution in [2.45, 2.75) is 0 Å². The van der Waals surface area contributed by atoms with E-state index in [9.17, 15) is 0 Å². The smallest absolute Gasteiger partial charge is 0.0562 e. The summed E-state index contributed by atoms with van der Waals surface area (Å²) in [4.78, 5) is 2.47. The normalized spacial score (nSPS) is 11.2. The number of aromatic nitrogens is 1. The summed E-state index contributed by atoms with van der Waals surface area (Å²) in [5.74, 6) is 0. The molecule has 0 saturated carbocycles. The van der Waals surface area contributed by atoms with Gasteiger partial charge in [-0.05, 0) is 81.9 Å². The maximum atomic E-state index is 2.47. The summed E-state index contributed by atoms with van der Waals surface area (Å²) >= 11 is 0. The number of rotatable bonds is 8. The highest BCUT2D eigenvalue weighted by Crippen LogP contribution is 2.48. The van der Waals surface area contributed by atoms with Gasteiger partial charge in [0.1, 0.15) is 0 Å². The number of hydrogen-bond acceptors (Lipinski definition) is 1. The largest absolute Gasteiger partial charge is 0.309 e. The van der Waals surface area contributed by atoms with E-state index < -0.39 is 0 Å². The fourth-order valence-corrected chi connectivity index (χ4v) is 8.21. The first-order chi connectivity index (χ1) is 27.8. The van der Waals surface area contributed by atoms with Crippen LogP contribution in [0.25, 0.3) is 72.0 Å². The predicted octanol–water partition coefficient (Wildman–Crippen LogP) is 14.9. The second-order valence-electron chi connectivity index (χ2n) is 14.1. The van der Waals surface area contributed by atoms with Crippen molar-refractivity contribution in [1.29, 1.82) is 0 Å². The Balaban J connectivity index is 1.26. The molecule has 264 valence electrons. The molecule has 0 aliphatic heterocycles. The molecule has 0 saturated heterocycles. The van der Waals surface area contributed by atoms with Crippen molar-refractivity contribution in [3.63, 3.8) is 0 Å². The minimum absolute atomic E-state index is 1.09. The maximum absolute atomic E-state index is 2.47. The molecule has 1 aromatic heterocycles. The van der Waals surface area contributed by atoms with Crippen molar-refractivity contribution in [3.8, 4) is 50.2 Å². The Bertz CT molecular complexity index is 2930. The van der Waals surface area contributed by atoms with Crippen LogP contribution in [0.4, 0.5) is 17.1 Å². The van der Waals surface area contributed by atoms with E-state index in [2.05, 4.69) is 240 Å². The van der Waals surface area contributed by atoms with Gasteiger partial charge in [0.05, 0.1) is 28.1 Å². The van der Waals surface area contributed by atoms with Crippen LogP contribution < -0.4 is 4.90 Å². The predicted molar refractivity (Wildman–Crippen MR) is 237 cm³/mol. The van der Waals surface area contributed by atoms with Gasteiger partial charge in [0.25, 0.3) is 0 Å². The zero-order valence-corrected chi connectivity index (χ0v) is 30.8. The SMILES string of the molecule is c1ccc(-c2ccc(N(c3ccc(-c4ccccc4)cc3-c3ccccc3)c3cccc4c3c3ccccc3n4-c3ccccc3-c3ccccc3)cc2)cc1. The van der Waals surface area contributed by atoms with E-state index in [-0.39, 0.29) is 0 Å². The van der Waals surface area contributed by atoms with Gasteiger partial charge in [0, 0.05) is 27.6 Å². The summed E-state index contributed by atoms with van der Waals surface area (Å²) in [5, 5.41) is 2.40. The number of nitrogens with zero attached hydrogens (tertiary/aromatic N) is 2. The lowest BCUT2D eigenvalue weighted by Crippen LogP contribution is -2.12. The molecule has 0 aliphatic rings. The topological polar surface area (TPSA) is 8.17 Å². The van der Waals surface area contributed by atoms with Gasteiger partial charge in [0.15, 0.2) is 0 Å². The van der Waals surface area contributed by atoms with E-state index in [1.54, 1.807) is 0 Å². The zero-order valence-electron chi connectivity index (χ0n) is 30.8. The van der Waals surface area contributed by atoms with E-state index >= 15 is 0 Å². The summed E-state index contributed by atoms with van der Waals surface area (Å²) in [7, 11) is 0. The zero-order chi connectivity index (χ0) is 37.3. The highest BCUT2D eigenvalue weighted by molar-refractivity contribution is 6.17. The lowest BCUT2D eigenvalue weighted by Gasteiger charge is -2.29. The molecule has 0 radical (unpaired) electrons. The van der Waals surface area contributed by atoms with Crippen molar-refractivity contribution in [2.24, 2.45) is 0 Å². The van der Waals surface area contributed by atoms with Gasteiger partial charge in [-0.15, -0.1) is 0 Å². The van der Waals surface area contributed by atoms with Crippen LogP contribution in [0.15, 0.2) is 231 Å². The standard InChI is InChI=1S/C54H38N2/c1-5-18-39(19-6-1)41-32-35-45(36-33-41)55(51-37-34-44(40-20-7-2-8-21-40)38-48(51)43-24-11-4-12-25-43)52-30-17-31-53-54(52)47-27-14-16-29-50(47)56(53)49-28-15-13-26-46(49)42-22-9-3-10-23-42/h1-38H. The molecule has 10 rings (SSSR count). The number of benzene rings is 9. The van der Waals surface area contributed by atoms with Crippen molar-refractivity contribution < 1.29 is 0 Å². The molecule has 9 aromatic carbocycles. The Hall–Kier alpha value is -7.42. The second-order valence-corrected chi connectivity index (χ2v) is 14.1. The van der Waals surface area contributed by atoms with E-state index in [1.165, 1.54) is 49.7 Å². The lowest BCUT2D eigenvalue weighted by atomic mass is 9.95. The van der Waals surface area contributed by atoms with Crippen LogP contribution in [0.5, 0.6) is 0 Å². The minimum Gasteiger partial charge on any atom is -0.309 e. The molecule has 0 atom stereocenters. The number of hydrogen-bond donors (Lipinski definition) is 0. The van der Waals surface area contributed by atoms with Crippen LogP contribution in [0.1, 0.15) is 0 Å². The third-order valence-corrected chi connectivity index (χ3v) is 10.8. The summed E-state index contributed by atoms with van der Waals surface area (Å²) < 4.78 is 2.45. The third-order valence-electron chi connectivity index (χ3n) is 10.8. The number of fused-ring (bicyclic) bond motifs is 3. The van der Waals surface area contributed by atoms with Gasteiger partial charge in [0.2, 0.25) is 0 Å². The molecule has 0 spiro atoms. The van der Waals surface area contributed by atoms with E-state index in [0.717, 1.165) is 39.4 Å². The molecule has 2 heteroatoms. The quantitative estimate of drug-likeness (QED) is 0.152. The molecule has 2 nitrogen and oxygen atoms in total. The maximum Gasteiger partial charge on any atom is 0.0562 e. The van der Waals surface area contributed by atoms with Crippen LogP contribution in [0, 0.1) is 0 Å². The Morgan fingerprint density at radius 3 is 1.48 bits per heavy atom. The molecule has 0 aliphatic carbocycles. The van der Waals surface area contributed by atoms with Crippen LogP contribution in [-0.4, -0.2) is 4.57 Å². The second kappa shape index (κ2) is 14.4. The Kier molecular flexibility index (Phi) is 8.55. The average Bonchev–Trinajstić information content (AvgIpc) is 3.63. The van der Waals surface area contributed by atoms with Gasteiger partial charge in [-0.25, -0.2) is 0 Å². The van der Waals surface area contributed by atoms with Gasteiger partial charge < -0.3 is 9.47 Å². The minimum atomic E-state index is 1.09. The molecular formula is C54H38N2. The van der Waals surface area contributed by atoms with Gasteiger partial charge in [-0.1, -0.05) is 182 Å². The van der Waals surface area contributed by atoms with Crippen LogP contribution >= 0.6 is 0 Å². The first-order valence-electron chi connectivity index (χ1n) is 19.2. The fourth-order valence-electron chi connectivity index (χ4n) is 8.21. The molecule has 56 heavy (non-hydrogen) atoms. The van der Waals surface area contributed by atoms with Crippen LogP contribution in [0.3, 0.4) is 0 Å². The Morgan fingerprint density at radius 2 is 0.804 bits per heavy atom. The fraction of sp³-hybridized carbons (Fsp3) is 0. The first-order valence-corrected chi connectivity index (χ1v) is 19.2. The summed E-state index contributed by atoms with van der Waals surface area (Å²) in [6.45, 7) is 0. The molecule has 0 fully saturated rings. The van der Waals surface area contributed by atoms with Crippen molar-refractivity contribution in [3.05, 3.63) is 231 Å². The van der Waals surface area contributed by atoms with Crippen LogP contribution in [-0.2, 0) is 0 Å². The first kappa shape index (κ1) is 33.2. The van der Waals surface area contributed by atoms with Crippen molar-refractivity contribution in [2.75, 3.05) is 4.90 Å². The summed E-state index contributed by atoms with van der Waals surface area (Å²) in [6, 6.07) is 83.1. The Labute approximate surface area is 327 Å². The highest BCUT2D eigenvalue weighted by atomic mass is 15.2. The molecular weight excluding hydrogens is 677 g/mol. The number of anilines is 3. The molecule has 0 unspecified atom stereocenters. The van der Waals surface area contributed by atoms with E-state index in [0.29, 0.717) is 0 Å². The van der Waals surface area contributed by atoms with E-state index in [1.807, 2.05) is 0 Å². The third kappa shape index (κ3) is 5.95.